The van der Waals surface area contributed by atoms with Gasteiger partial charge in [0.25, 0.3) is 0 Å². The zero-order chi connectivity index (χ0) is 12.7. The van der Waals surface area contributed by atoms with Gasteiger partial charge in [0.15, 0.2) is 4.67 Å². The maximum Gasteiger partial charge on any atom is 0.169 e. The van der Waals surface area contributed by atoms with Gasteiger partial charge in [0.1, 0.15) is 5.76 Å². The van der Waals surface area contributed by atoms with E-state index in [2.05, 4.69) is 48.1 Å². The summed E-state index contributed by atoms with van der Waals surface area (Å²) < 4.78 is 6.55. The molecule has 0 aliphatic heterocycles. The minimum atomic E-state index is 0.353. The molecule has 0 saturated carbocycles. The molecule has 1 atom stereocenters. The minimum Gasteiger partial charge on any atom is -0.453 e. The van der Waals surface area contributed by atoms with Crippen molar-refractivity contribution in [2.45, 2.75) is 52.5 Å². The number of furan rings is 1. The summed E-state index contributed by atoms with van der Waals surface area (Å²) in [5.41, 5.74) is 0. The average Bonchev–Trinajstić information content (AvgIpc) is 2.72. The molecule has 1 aromatic heterocycles. The Labute approximate surface area is 113 Å². The quantitative estimate of drug-likeness (QED) is 0.738. The zero-order valence-corrected chi connectivity index (χ0v) is 12.7. The van der Waals surface area contributed by atoms with Crippen LogP contribution in [0.25, 0.3) is 0 Å². The highest BCUT2D eigenvalue weighted by Gasteiger charge is 2.23. The smallest absolute Gasteiger partial charge is 0.169 e. The van der Waals surface area contributed by atoms with Crippen LogP contribution in [-0.4, -0.2) is 6.54 Å². The Morgan fingerprint density at radius 1 is 1.18 bits per heavy atom. The molecule has 17 heavy (non-hydrogen) atoms. The summed E-state index contributed by atoms with van der Waals surface area (Å²) >= 11 is 3.38. The topological polar surface area (TPSA) is 25.2 Å². The highest BCUT2D eigenvalue weighted by Crippen LogP contribution is 2.31. The molecule has 0 radical (unpaired) electrons. The van der Waals surface area contributed by atoms with E-state index in [-0.39, 0.29) is 0 Å². The number of halogens is 1. The van der Waals surface area contributed by atoms with Crippen molar-refractivity contribution >= 4 is 15.9 Å². The minimum absolute atomic E-state index is 0.353. The van der Waals surface area contributed by atoms with Crippen LogP contribution < -0.4 is 5.32 Å². The fraction of sp³-hybridized carbons (Fsp3) is 0.714. The van der Waals surface area contributed by atoms with E-state index in [1.807, 2.05) is 6.07 Å². The summed E-state index contributed by atoms with van der Waals surface area (Å²) in [6, 6.07) is 4.41. The van der Waals surface area contributed by atoms with Crippen LogP contribution in [0.3, 0.4) is 0 Å². The Morgan fingerprint density at radius 3 is 2.24 bits per heavy atom. The second-order valence-corrected chi connectivity index (χ2v) is 5.30. The second-order valence-electron chi connectivity index (χ2n) is 4.51. The Balaban J connectivity index is 2.80. The molecule has 1 N–H and O–H groups in total. The summed E-state index contributed by atoms with van der Waals surface area (Å²) in [5.74, 6) is 1.73. The second kappa shape index (κ2) is 7.93. The molecule has 0 spiro atoms. The SMILES string of the molecule is CCCC(CCC)C(NCC)c1ccc(Br)o1. The Hall–Kier alpha value is -0.280. The first kappa shape index (κ1) is 14.8. The van der Waals surface area contributed by atoms with Crippen molar-refractivity contribution in [2.75, 3.05) is 6.54 Å². The van der Waals surface area contributed by atoms with E-state index in [9.17, 15) is 0 Å². The molecule has 2 nitrogen and oxygen atoms in total. The molecule has 1 rings (SSSR count). The monoisotopic (exact) mass is 301 g/mol. The van der Waals surface area contributed by atoms with E-state index >= 15 is 0 Å². The van der Waals surface area contributed by atoms with Crippen molar-refractivity contribution in [3.05, 3.63) is 22.6 Å². The van der Waals surface area contributed by atoms with Crippen LogP contribution in [0.2, 0.25) is 0 Å². The third kappa shape index (κ3) is 4.47. The van der Waals surface area contributed by atoms with Crippen LogP contribution >= 0.6 is 15.9 Å². The molecular weight excluding hydrogens is 278 g/mol. The van der Waals surface area contributed by atoms with Crippen LogP contribution in [0.1, 0.15) is 58.3 Å². The zero-order valence-electron chi connectivity index (χ0n) is 11.1. The fourth-order valence-electron chi connectivity index (χ4n) is 2.43. The van der Waals surface area contributed by atoms with Crippen LogP contribution in [-0.2, 0) is 0 Å². The maximum atomic E-state index is 5.73. The van der Waals surface area contributed by atoms with Gasteiger partial charge in [0.05, 0.1) is 6.04 Å². The average molecular weight is 302 g/mol. The molecule has 0 amide bonds. The normalized spacial score (nSPS) is 13.2. The van der Waals surface area contributed by atoms with Crippen LogP contribution in [0.5, 0.6) is 0 Å². The van der Waals surface area contributed by atoms with E-state index in [0.717, 1.165) is 17.0 Å². The van der Waals surface area contributed by atoms with Gasteiger partial charge in [-0.1, -0.05) is 33.6 Å². The van der Waals surface area contributed by atoms with Crippen LogP contribution in [0.15, 0.2) is 21.2 Å². The van der Waals surface area contributed by atoms with Gasteiger partial charge in [-0.15, -0.1) is 0 Å². The Morgan fingerprint density at radius 2 is 1.82 bits per heavy atom. The Bertz CT molecular complexity index is 305. The van der Waals surface area contributed by atoms with Crippen molar-refractivity contribution < 1.29 is 4.42 Å². The van der Waals surface area contributed by atoms with Crippen LogP contribution in [0.4, 0.5) is 0 Å². The number of rotatable bonds is 8. The van der Waals surface area contributed by atoms with E-state index in [0.29, 0.717) is 12.0 Å². The first-order chi connectivity index (χ1) is 8.22. The molecular formula is C14H24BrNO. The van der Waals surface area contributed by atoms with E-state index in [1.54, 1.807) is 0 Å². The molecule has 1 unspecified atom stereocenters. The molecule has 0 aliphatic carbocycles. The number of hydrogen-bond donors (Lipinski definition) is 1. The number of hydrogen-bond acceptors (Lipinski definition) is 2. The summed E-state index contributed by atoms with van der Waals surface area (Å²) in [6.45, 7) is 7.64. The molecule has 1 heterocycles. The first-order valence-electron chi connectivity index (χ1n) is 6.71. The van der Waals surface area contributed by atoms with E-state index in [4.69, 9.17) is 4.42 Å². The van der Waals surface area contributed by atoms with Crippen molar-refractivity contribution in [2.24, 2.45) is 5.92 Å². The number of nitrogens with one attached hydrogen (secondary N) is 1. The lowest BCUT2D eigenvalue weighted by Gasteiger charge is -2.25. The molecule has 0 bridgehead atoms. The first-order valence-corrected chi connectivity index (χ1v) is 7.50. The van der Waals surface area contributed by atoms with Gasteiger partial charge in [-0.2, -0.15) is 0 Å². The van der Waals surface area contributed by atoms with Gasteiger partial charge >= 0.3 is 0 Å². The molecule has 98 valence electrons. The third-order valence-corrected chi connectivity index (χ3v) is 3.54. The van der Waals surface area contributed by atoms with E-state index < -0.39 is 0 Å². The predicted molar refractivity (Wildman–Crippen MR) is 76.1 cm³/mol. The lowest BCUT2D eigenvalue weighted by atomic mass is 9.89. The molecule has 0 saturated heterocycles. The summed E-state index contributed by atoms with van der Waals surface area (Å²) in [5, 5.41) is 3.57. The molecule has 0 aliphatic rings. The maximum absolute atomic E-state index is 5.73. The van der Waals surface area contributed by atoms with Crippen molar-refractivity contribution in [3.8, 4) is 0 Å². The molecule has 0 fully saturated rings. The third-order valence-electron chi connectivity index (χ3n) is 3.11. The largest absolute Gasteiger partial charge is 0.453 e. The van der Waals surface area contributed by atoms with E-state index in [1.165, 1.54) is 25.7 Å². The van der Waals surface area contributed by atoms with Gasteiger partial charge in [-0.05, 0) is 53.4 Å². The molecule has 3 heteroatoms. The van der Waals surface area contributed by atoms with Gasteiger partial charge in [0.2, 0.25) is 0 Å². The molecule has 0 aromatic carbocycles. The molecule has 1 aromatic rings. The Kier molecular flexibility index (Phi) is 6.90. The lowest BCUT2D eigenvalue weighted by molar-refractivity contribution is 0.277. The van der Waals surface area contributed by atoms with Crippen LogP contribution in [0, 0.1) is 5.92 Å². The van der Waals surface area contributed by atoms with Crippen molar-refractivity contribution in [3.63, 3.8) is 0 Å². The fourth-order valence-corrected chi connectivity index (χ4v) is 2.75. The predicted octanol–water partition coefficient (Wildman–Crippen LogP) is 4.91. The van der Waals surface area contributed by atoms with Crippen molar-refractivity contribution in [1.29, 1.82) is 0 Å². The summed E-state index contributed by atoms with van der Waals surface area (Å²) in [4.78, 5) is 0. The lowest BCUT2D eigenvalue weighted by Crippen LogP contribution is -2.28. The van der Waals surface area contributed by atoms with Crippen molar-refractivity contribution in [1.82, 2.24) is 5.32 Å². The highest BCUT2D eigenvalue weighted by atomic mass is 79.9. The van der Waals surface area contributed by atoms with Gasteiger partial charge in [-0.25, -0.2) is 0 Å². The van der Waals surface area contributed by atoms with Gasteiger partial charge in [-0.3, -0.25) is 0 Å². The summed E-state index contributed by atoms with van der Waals surface area (Å²) in [6.07, 6.45) is 4.97. The van der Waals surface area contributed by atoms with Gasteiger partial charge in [0, 0.05) is 0 Å². The highest BCUT2D eigenvalue weighted by molar-refractivity contribution is 9.10. The summed E-state index contributed by atoms with van der Waals surface area (Å²) in [7, 11) is 0. The van der Waals surface area contributed by atoms with Gasteiger partial charge < -0.3 is 9.73 Å². The standard InChI is InChI=1S/C14H24BrNO/c1-4-7-11(8-5-2)14(16-6-3)12-9-10-13(15)17-12/h9-11,14,16H,4-8H2,1-3H3.